The van der Waals surface area contributed by atoms with Crippen molar-refractivity contribution >= 4 is 5.97 Å². The van der Waals surface area contributed by atoms with Crippen molar-refractivity contribution in [2.24, 2.45) is 0 Å². The predicted molar refractivity (Wildman–Crippen MR) is 84.7 cm³/mol. The molecule has 4 heteroatoms. The summed E-state index contributed by atoms with van der Waals surface area (Å²) in [6.45, 7) is 4.00. The van der Waals surface area contributed by atoms with Gasteiger partial charge in [-0.2, -0.15) is 0 Å². The molecule has 0 saturated heterocycles. The van der Waals surface area contributed by atoms with Crippen molar-refractivity contribution in [1.29, 1.82) is 0 Å². The van der Waals surface area contributed by atoms with Crippen LogP contribution in [0.4, 0.5) is 0 Å². The molecular formula is C18H20O4. The molecule has 2 N–H and O–H groups in total. The van der Waals surface area contributed by atoms with Crippen molar-refractivity contribution in [2.45, 2.75) is 33.1 Å². The van der Waals surface area contributed by atoms with E-state index in [1.165, 1.54) is 0 Å². The van der Waals surface area contributed by atoms with Gasteiger partial charge in [-0.05, 0) is 60.7 Å². The molecule has 0 unspecified atom stereocenters. The molecule has 0 fully saturated rings. The fraction of sp³-hybridized carbons (Fsp3) is 0.278. The van der Waals surface area contributed by atoms with Gasteiger partial charge >= 0.3 is 5.97 Å². The number of carbonyl (C=O) groups is 1. The normalized spacial score (nSPS) is 10.5. The van der Waals surface area contributed by atoms with Gasteiger partial charge in [0.25, 0.3) is 0 Å². The van der Waals surface area contributed by atoms with Crippen LogP contribution in [0.5, 0.6) is 17.2 Å². The summed E-state index contributed by atoms with van der Waals surface area (Å²) in [6.07, 6.45) is 1.36. The third kappa shape index (κ3) is 3.79. The molecule has 0 bridgehead atoms. The van der Waals surface area contributed by atoms with Crippen LogP contribution in [0.15, 0.2) is 36.4 Å². The largest absolute Gasteiger partial charge is 0.508 e. The molecule has 0 aromatic heterocycles. The Labute approximate surface area is 130 Å². The number of phenolic OH excluding ortho intramolecular Hbond substituents is 1. The maximum atomic E-state index is 10.8. The number of rotatable bonds is 6. The zero-order valence-corrected chi connectivity index (χ0v) is 12.8. The highest BCUT2D eigenvalue weighted by Gasteiger charge is 2.13. The second kappa shape index (κ2) is 6.98. The summed E-state index contributed by atoms with van der Waals surface area (Å²) in [4.78, 5) is 10.8. The molecule has 0 heterocycles. The van der Waals surface area contributed by atoms with E-state index in [1.54, 1.807) is 24.3 Å². The smallest absolute Gasteiger partial charge is 0.303 e. The predicted octanol–water partition coefficient (Wildman–Crippen LogP) is 4.07. The van der Waals surface area contributed by atoms with E-state index in [1.807, 2.05) is 26.0 Å². The number of aliphatic carboxylic acids is 1. The molecule has 116 valence electrons. The number of carboxylic acids is 1. The number of aromatic hydroxyl groups is 1. The van der Waals surface area contributed by atoms with E-state index in [2.05, 4.69) is 0 Å². The Morgan fingerprint density at radius 2 is 1.82 bits per heavy atom. The average Bonchev–Trinajstić information content (AvgIpc) is 2.49. The zero-order valence-electron chi connectivity index (χ0n) is 12.8. The van der Waals surface area contributed by atoms with E-state index in [0.717, 1.165) is 28.9 Å². The fourth-order valence-electron chi connectivity index (χ4n) is 2.42. The van der Waals surface area contributed by atoms with Gasteiger partial charge in [-0.15, -0.1) is 0 Å². The van der Waals surface area contributed by atoms with Crippen LogP contribution in [0.25, 0.3) is 0 Å². The summed E-state index contributed by atoms with van der Waals surface area (Å²) >= 11 is 0. The number of phenols is 1. The summed E-state index contributed by atoms with van der Waals surface area (Å²) in [7, 11) is 0. The summed E-state index contributed by atoms with van der Waals surface area (Å²) in [6, 6.07) is 10.5. The quantitative estimate of drug-likeness (QED) is 0.843. The number of hydrogen-bond donors (Lipinski definition) is 2. The van der Waals surface area contributed by atoms with Gasteiger partial charge in [-0.25, -0.2) is 0 Å². The summed E-state index contributed by atoms with van der Waals surface area (Å²) in [5.74, 6) is 0.806. The minimum atomic E-state index is -0.802. The molecule has 22 heavy (non-hydrogen) atoms. The Morgan fingerprint density at radius 3 is 2.41 bits per heavy atom. The number of benzene rings is 2. The Kier molecular flexibility index (Phi) is 5.04. The van der Waals surface area contributed by atoms with E-state index in [9.17, 15) is 9.90 Å². The molecule has 0 amide bonds. The van der Waals surface area contributed by atoms with Crippen molar-refractivity contribution < 1.29 is 19.7 Å². The van der Waals surface area contributed by atoms with E-state index < -0.39 is 5.97 Å². The van der Waals surface area contributed by atoms with Gasteiger partial charge in [0.2, 0.25) is 0 Å². The highest BCUT2D eigenvalue weighted by molar-refractivity contribution is 5.67. The maximum Gasteiger partial charge on any atom is 0.303 e. The minimum Gasteiger partial charge on any atom is -0.508 e. The Balaban J connectivity index is 2.34. The number of aryl methyl sites for hydroxylation is 2. The van der Waals surface area contributed by atoms with Crippen LogP contribution in [0, 0.1) is 6.92 Å². The van der Waals surface area contributed by atoms with Gasteiger partial charge in [-0.1, -0.05) is 19.1 Å². The molecule has 0 aliphatic carbocycles. The molecule has 0 saturated carbocycles. The average molecular weight is 300 g/mol. The SMILES string of the molecule is CCc1c(CCC(=O)O)ccc(C)c1Oc1ccc(O)cc1. The molecule has 4 nitrogen and oxygen atoms in total. The molecule has 2 rings (SSSR count). The standard InChI is InChI=1S/C18H20O4/c1-3-16-13(6-11-17(20)21)5-4-12(2)18(16)22-15-9-7-14(19)8-10-15/h4-5,7-10,19H,3,6,11H2,1-2H3,(H,20,21). The highest BCUT2D eigenvalue weighted by Crippen LogP contribution is 2.33. The van der Waals surface area contributed by atoms with Crippen LogP contribution in [-0.2, 0) is 17.6 Å². The third-order valence-corrected chi connectivity index (χ3v) is 3.57. The lowest BCUT2D eigenvalue weighted by molar-refractivity contribution is -0.136. The Morgan fingerprint density at radius 1 is 1.14 bits per heavy atom. The van der Waals surface area contributed by atoms with Crippen molar-refractivity contribution in [3.8, 4) is 17.2 Å². The molecular weight excluding hydrogens is 280 g/mol. The molecule has 0 aliphatic heterocycles. The van der Waals surface area contributed by atoms with E-state index in [4.69, 9.17) is 9.84 Å². The van der Waals surface area contributed by atoms with Gasteiger partial charge in [-0.3, -0.25) is 4.79 Å². The first-order valence-corrected chi connectivity index (χ1v) is 7.31. The van der Waals surface area contributed by atoms with Gasteiger partial charge in [0, 0.05) is 6.42 Å². The first-order chi connectivity index (χ1) is 10.5. The summed E-state index contributed by atoms with van der Waals surface area (Å²) in [5.41, 5.74) is 3.04. The second-order valence-electron chi connectivity index (χ2n) is 5.19. The molecule has 2 aromatic rings. The lowest BCUT2D eigenvalue weighted by Gasteiger charge is -2.17. The van der Waals surface area contributed by atoms with Crippen LogP contribution < -0.4 is 4.74 Å². The van der Waals surface area contributed by atoms with Crippen LogP contribution in [0.2, 0.25) is 0 Å². The second-order valence-corrected chi connectivity index (χ2v) is 5.19. The molecule has 0 spiro atoms. The van der Waals surface area contributed by atoms with Crippen molar-refractivity contribution in [1.82, 2.24) is 0 Å². The van der Waals surface area contributed by atoms with Gasteiger partial charge in [0.1, 0.15) is 17.2 Å². The minimum absolute atomic E-state index is 0.106. The van der Waals surface area contributed by atoms with Crippen LogP contribution in [0.1, 0.15) is 30.0 Å². The van der Waals surface area contributed by atoms with E-state index in [0.29, 0.717) is 12.2 Å². The van der Waals surface area contributed by atoms with Gasteiger partial charge < -0.3 is 14.9 Å². The van der Waals surface area contributed by atoms with Crippen molar-refractivity contribution in [3.05, 3.63) is 53.1 Å². The van der Waals surface area contributed by atoms with Crippen LogP contribution in [-0.4, -0.2) is 16.2 Å². The molecule has 0 radical (unpaired) electrons. The first kappa shape index (κ1) is 15.9. The lowest BCUT2D eigenvalue weighted by atomic mass is 9.97. The number of carboxylic acid groups (broad SMARTS) is 1. The number of ether oxygens (including phenoxy) is 1. The molecule has 0 atom stereocenters. The molecule has 2 aromatic carbocycles. The van der Waals surface area contributed by atoms with E-state index >= 15 is 0 Å². The number of hydrogen-bond acceptors (Lipinski definition) is 3. The molecule has 0 aliphatic rings. The van der Waals surface area contributed by atoms with E-state index in [-0.39, 0.29) is 12.2 Å². The Hall–Kier alpha value is -2.49. The summed E-state index contributed by atoms with van der Waals surface area (Å²) < 4.78 is 5.98. The zero-order chi connectivity index (χ0) is 16.1. The van der Waals surface area contributed by atoms with Crippen LogP contribution in [0.3, 0.4) is 0 Å². The van der Waals surface area contributed by atoms with Crippen LogP contribution >= 0.6 is 0 Å². The van der Waals surface area contributed by atoms with Gasteiger partial charge in [0.15, 0.2) is 0 Å². The third-order valence-electron chi connectivity index (χ3n) is 3.57. The first-order valence-electron chi connectivity index (χ1n) is 7.31. The fourth-order valence-corrected chi connectivity index (χ4v) is 2.42. The van der Waals surface area contributed by atoms with Crippen molar-refractivity contribution in [3.63, 3.8) is 0 Å². The monoisotopic (exact) mass is 300 g/mol. The summed E-state index contributed by atoms with van der Waals surface area (Å²) in [5, 5.41) is 18.2. The lowest BCUT2D eigenvalue weighted by Crippen LogP contribution is -2.03. The maximum absolute atomic E-state index is 10.8. The Bertz CT molecular complexity index is 660. The highest BCUT2D eigenvalue weighted by atomic mass is 16.5. The van der Waals surface area contributed by atoms with Crippen molar-refractivity contribution in [2.75, 3.05) is 0 Å². The van der Waals surface area contributed by atoms with Gasteiger partial charge in [0.05, 0.1) is 0 Å². The topological polar surface area (TPSA) is 66.8 Å².